The first-order valence-electron chi connectivity index (χ1n) is 6.17. The Morgan fingerprint density at radius 2 is 1.94 bits per heavy atom. The first kappa shape index (κ1) is 12.9. The highest BCUT2D eigenvalue weighted by Crippen LogP contribution is 2.13. The van der Waals surface area contributed by atoms with Gasteiger partial charge >= 0.3 is 0 Å². The second-order valence-electron chi connectivity index (χ2n) is 4.85. The Morgan fingerprint density at radius 1 is 1.22 bits per heavy atom. The Bertz CT molecular complexity index is 462. The molecule has 0 bridgehead atoms. The van der Waals surface area contributed by atoms with Crippen LogP contribution in [-0.2, 0) is 6.54 Å². The molecule has 1 heterocycles. The Balaban J connectivity index is 1.90. The van der Waals surface area contributed by atoms with Crippen LogP contribution >= 0.6 is 0 Å². The second-order valence-corrected chi connectivity index (χ2v) is 4.85. The third-order valence-electron chi connectivity index (χ3n) is 3.05. The lowest BCUT2D eigenvalue weighted by molar-refractivity contribution is 0.304. The van der Waals surface area contributed by atoms with Gasteiger partial charge in [0.15, 0.2) is 0 Å². The van der Waals surface area contributed by atoms with Crippen LogP contribution in [0, 0.1) is 6.92 Å². The fourth-order valence-corrected chi connectivity index (χ4v) is 2.01. The van der Waals surface area contributed by atoms with Crippen LogP contribution in [-0.4, -0.2) is 18.5 Å². The Labute approximate surface area is 108 Å². The summed E-state index contributed by atoms with van der Waals surface area (Å²) in [5, 5.41) is 0. The second kappa shape index (κ2) is 5.85. The molecular weight excluding hydrogens is 224 g/mol. The molecule has 2 N–H and O–H groups in total. The molecular formula is C15H20N2O. The highest BCUT2D eigenvalue weighted by Gasteiger charge is 2.09. The van der Waals surface area contributed by atoms with E-state index in [0.29, 0.717) is 0 Å². The maximum Gasteiger partial charge on any atom is 0.0947 e. The minimum Gasteiger partial charge on any atom is -0.472 e. The van der Waals surface area contributed by atoms with E-state index in [1.807, 2.05) is 6.07 Å². The van der Waals surface area contributed by atoms with Crippen molar-refractivity contribution in [1.29, 1.82) is 0 Å². The standard InChI is InChI=1S/C15H20N2O/c1-12-3-5-14(6-4-12)15(16)10-17(2)9-13-7-8-18-11-13/h3-8,11,15H,9-10,16H2,1-2H3. The molecule has 3 heteroatoms. The number of hydrogen-bond acceptors (Lipinski definition) is 3. The molecule has 0 radical (unpaired) electrons. The van der Waals surface area contributed by atoms with Gasteiger partial charge in [-0.15, -0.1) is 0 Å². The van der Waals surface area contributed by atoms with E-state index in [4.69, 9.17) is 10.2 Å². The van der Waals surface area contributed by atoms with Crippen molar-refractivity contribution in [3.63, 3.8) is 0 Å². The van der Waals surface area contributed by atoms with Crippen molar-refractivity contribution < 1.29 is 4.42 Å². The molecule has 0 saturated carbocycles. The predicted octanol–water partition coefficient (Wildman–Crippen LogP) is 2.72. The van der Waals surface area contributed by atoms with Crippen molar-refractivity contribution >= 4 is 0 Å². The summed E-state index contributed by atoms with van der Waals surface area (Å²) < 4.78 is 5.06. The molecule has 0 aliphatic rings. The highest BCUT2D eigenvalue weighted by atomic mass is 16.3. The average molecular weight is 244 g/mol. The topological polar surface area (TPSA) is 42.4 Å². The van der Waals surface area contributed by atoms with Gasteiger partial charge in [0.05, 0.1) is 12.5 Å². The molecule has 0 saturated heterocycles. The van der Waals surface area contributed by atoms with Crippen molar-refractivity contribution in [3.05, 3.63) is 59.5 Å². The number of hydrogen-bond donors (Lipinski definition) is 1. The first-order chi connectivity index (χ1) is 8.65. The van der Waals surface area contributed by atoms with Crippen LogP contribution in [0.1, 0.15) is 22.7 Å². The lowest BCUT2D eigenvalue weighted by Crippen LogP contribution is -2.28. The maximum atomic E-state index is 6.21. The lowest BCUT2D eigenvalue weighted by Gasteiger charge is -2.21. The fraction of sp³-hybridized carbons (Fsp3) is 0.333. The summed E-state index contributed by atoms with van der Waals surface area (Å²) in [7, 11) is 2.07. The lowest BCUT2D eigenvalue weighted by atomic mass is 10.1. The minimum absolute atomic E-state index is 0.0440. The molecule has 18 heavy (non-hydrogen) atoms. The van der Waals surface area contributed by atoms with E-state index in [-0.39, 0.29) is 6.04 Å². The molecule has 1 aromatic carbocycles. The molecule has 3 nitrogen and oxygen atoms in total. The maximum absolute atomic E-state index is 6.21. The molecule has 2 rings (SSSR count). The van der Waals surface area contributed by atoms with Gasteiger partial charge in [0, 0.05) is 24.7 Å². The number of furan rings is 1. The monoisotopic (exact) mass is 244 g/mol. The van der Waals surface area contributed by atoms with Crippen molar-refractivity contribution in [1.82, 2.24) is 4.90 Å². The van der Waals surface area contributed by atoms with E-state index in [2.05, 4.69) is 43.1 Å². The van der Waals surface area contributed by atoms with Crippen LogP contribution in [0.4, 0.5) is 0 Å². The summed E-state index contributed by atoms with van der Waals surface area (Å²) in [6.07, 6.45) is 3.47. The number of likely N-dealkylation sites (N-methyl/N-ethyl adjacent to an activating group) is 1. The van der Waals surface area contributed by atoms with Gasteiger partial charge in [-0.05, 0) is 25.6 Å². The van der Waals surface area contributed by atoms with Crippen molar-refractivity contribution in [2.24, 2.45) is 5.73 Å². The Kier molecular flexibility index (Phi) is 4.18. The molecule has 0 spiro atoms. The zero-order chi connectivity index (χ0) is 13.0. The average Bonchev–Trinajstić information content (AvgIpc) is 2.82. The van der Waals surface area contributed by atoms with Crippen molar-refractivity contribution in [3.8, 4) is 0 Å². The number of nitrogens with two attached hydrogens (primary N) is 1. The van der Waals surface area contributed by atoms with Gasteiger partial charge in [-0.1, -0.05) is 29.8 Å². The van der Waals surface area contributed by atoms with Gasteiger partial charge in [0.2, 0.25) is 0 Å². The smallest absolute Gasteiger partial charge is 0.0947 e. The molecule has 0 aliphatic carbocycles. The fourth-order valence-electron chi connectivity index (χ4n) is 2.01. The van der Waals surface area contributed by atoms with Gasteiger partial charge in [0.1, 0.15) is 0 Å². The summed E-state index contributed by atoms with van der Waals surface area (Å²) in [5.74, 6) is 0. The number of benzene rings is 1. The summed E-state index contributed by atoms with van der Waals surface area (Å²) in [5.41, 5.74) is 9.83. The largest absolute Gasteiger partial charge is 0.472 e. The van der Waals surface area contributed by atoms with Crippen LogP contribution in [0.2, 0.25) is 0 Å². The van der Waals surface area contributed by atoms with Gasteiger partial charge in [-0.3, -0.25) is 0 Å². The molecule has 1 aromatic heterocycles. The van der Waals surface area contributed by atoms with E-state index in [9.17, 15) is 0 Å². The van der Waals surface area contributed by atoms with Crippen LogP contribution in [0.3, 0.4) is 0 Å². The van der Waals surface area contributed by atoms with E-state index < -0.39 is 0 Å². The zero-order valence-electron chi connectivity index (χ0n) is 11.0. The van der Waals surface area contributed by atoms with Crippen LogP contribution < -0.4 is 5.73 Å². The summed E-state index contributed by atoms with van der Waals surface area (Å²) in [6.45, 7) is 3.77. The normalized spacial score (nSPS) is 12.9. The quantitative estimate of drug-likeness (QED) is 0.879. The molecule has 96 valence electrons. The molecule has 0 amide bonds. The first-order valence-corrected chi connectivity index (χ1v) is 6.17. The predicted molar refractivity (Wildman–Crippen MR) is 73.1 cm³/mol. The summed E-state index contributed by atoms with van der Waals surface area (Å²) >= 11 is 0. The van der Waals surface area contributed by atoms with Crippen molar-refractivity contribution in [2.45, 2.75) is 19.5 Å². The Hall–Kier alpha value is -1.58. The van der Waals surface area contributed by atoms with Gasteiger partial charge < -0.3 is 15.1 Å². The third kappa shape index (κ3) is 3.45. The van der Waals surface area contributed by atoms with Crippen molar-refractivity contribution in [2.75, 3.05) is 13.6 Å². The SMILES string of the molecule is Cc1ccc(C(N)CN(C)Cc2ccoc2)cc1. The number of nitrogens with zero attached hydrogens (tertiary/aromatic N) is 1. The third-order valence-corrected chi connectivity index (χ3v) is 3.05. The zero-order valence-corrected chi connectivity index (χ0v) is 11.0. The molecule has 1 unspecified atom stereocenters. The molecule has 1 atom stereocenters. The van der Waals surface area contributed by atoms with E-state index >= 15 is 0 Å². The molecule has 0 fully saturated rings. The van der Waals surface area contributed by atoms with Crippen LogP contribution in [0.5, 0.6) is 0 Å². The number of aryl methyl sites for hydroxylation is 1. The van der Waals surface area contributed by atoms with Crippen LogP contribution in [0.15, 0.2) is 47.3 Å². The van der Waals surface area contributed by atoms with Crippen LogP contribution in [0.25, 0.3) is 0 Å². The number of rotatable bonds is 5. The molecule has 0 aliphatic heterocycles. The molecule has 2 aromatic rings. The van der Waals surface area contributed by atoms with Gasteiger partial charge in [-0.2, -0.15) is 0 Å². The summed E-state index contributed by atoms with van der Waals surface area (Å²) in [6, 6.07) is 10.4. The van der Waals surface area contributed by atoms with E-state index in [1.54, 1.807) is 12.5 Å². The van der Waals surface area contributed by atoms with E-state index in [0.717, 1.165) is 13.1 Å². The van der Waals surface area contributed by atoms with Gasteiger partial charge in [-0.25, -0.2) is 0 Å². The van der Waals surface area contributed by atoms with E-state index in [1.165, 1.54) is 16.7 Å². The van der Waals surface area contributed by atoms with Gasteiger partial charge in [0.25, 0.3) is 0 Å². The minimum atomic E-state index is 0.0440. The summed E-state index contributed by atoms with van der Waals surface area (Å²) in [4.78, 5) is 2.20. The Morgan fingerprint density at radius 3 is 2.56 bits per heavy atom. The highest BCUT2D eigenvalue weighted by molar-refractivity contribution is 5.24.